The van der Waals surface area contributed by atoms with Gasteiger partial charge in [-0.25, -0.2) is 4.79 Å². The molecule has 4 aliphatic rings. The Morgan fingerprint density at radius 2 is 1.69 bits per heavy atom. The van der Waals surface area contributed by atoms with Crippen molar-refractivity contribution in [2.24, 2.45) is 23.5 Å². The SMILES string of the molecule is COc1ccc(-c2ccc(C=CC(=O)O)cc2C(N)=O)cc1C12CC3CC(CC(C3)C1)C2. The second-order valence-corrected chi connectivity index (χ2v) is 9.95. The van der Waals surface area contributed by atoms with Gasteiger partial charge in [-0.15, -0.1) is 0 Å². The number of carboxylic acids is 1. The second kappa shape index (κ2) is 7.80. The molecule has 0 aliphatic heterocycles. The maximum atomic E-state index is 12.3. The summed E-state index contributed by atoms with van der Waals surface area (Å²) in [4.78, 5) is 23.1. The molecule has 32 heavy (non-hydrogen) atoms. The number of carbonyl (C=O) groups excluding carboxylic acids is 1. The lowest BCUT2D eigenvalue weighted by molar-refractivity contribution is -0.131. The van der Waals surface area contributed by atoms with E-state index in [4.69, 9.17) is 15.6 Å². The number of primary amides is 1. The van der Waals surface area contributed by atoms with Crippen molar-refractivity contribution in [3.63, 3.8) is 0 Å². The summed E-state index contributed by atoms with van der Waals surface area (Å²) in [5.74, 6) is 1.81. The van der Waals surface area contributed by atoms with Crippen LogP contribution in [0, 0.1) is 17.8 Å². The van der Waals surface area contributed by atoms with Crippen LogP contribution in [0.25, 0.3) is 17.2 Å². The number of carboxylic acid groups (broad SMARTS) is 1. The van der Waals surface area contributed by atoms with Gasteiger partial charge >= 0.3 is 5.97 Å². The Hall–Kier alpha value is -3.08. The topological polar surface area (TPSA) is 89.6 Å². The fourth-order valence-corrected chi connectivity index (χ4v) is 7.02. The molecule has 6 rings (SSSR count). The number of benzene rings is 2. The highest BCUT2D eigenvalue weighted by molar-refractivity contribution is 6.00. The number of methoxy groups -OCH3 is 1. The van der Waals surface area contributed by atoms with E-state index in [2.05, 4.69) is 6.07 Å². The monoisotopic (exact) mass is 431 g/mol. The average molecular weight is 432 g/mol. The van der Waals surface area contributed by atoms with Crippen molar-refractivity contribution >= 4 is 18.0 Å². The van der Waals surface area contributed by atoms with E-state index >= 15 is 0 Å². The number of hydrogen-bond donors (Lipinski definition) is 2. The minimum Gasteiger partial charge on any atom is -0.496 e. The van der Waals surface area contributed by atoms with Crippen molar-refractivity contribution < 1.29 is 19.4 Å². The van der Waals surface area contributed by atoms with Crippen molar-refractivity contribution in [3.05, 3.63) is 59.2 Å². The Morgan fingerprint density at radius 1 is 1.03 bits per heavy atom. The number of ether oxygens (including phenoxy) is 1. The summed E-state index contributed by atoms with van der Waals surface area (Å²) in [7, 11) is 1.73. The third kappa shape index (κ3) is 3.60. The number of hydrogen-bond acceptors (Lipinski definition) is 3. The maximum Gasteiger partial charge on any atom is 0.328 e. The van der Waals surface area contributed by atoms with Crippen LogP contribution in [0.5, 0.6) is 5.75 Å². The van der Waals surface area contributed by atoms with Gasteiger partial charge in [0.15, 0.2) is 0 Å². The fraction of sp³-hybridized carbons (Fsp3) is 0.407. The van der Waals surface area contributed by atoms with Crippen molar-refractivity contribution in [3.8, 4) is 16.9 Å². The van der Waals surface area contributed by atoms with Gasteiger partial charge in [0.05, 0.1) is 7.11 Å². The molecular weight excluding hydrogens is 402 g/mol. The van der Waals surface area contributed by atoms with Crippen molar-refractivity contribution in [1.29, 1.82) is 0 Å². The number of rotatable bonds is 6. The van der Waals surface area contributed by atoms with Crippen LogP contribution in [-0.4, -0.2) is 24.1 Å². The van der Waals surface area contributed by atoms with Gasteiger partial charge in [0.2, 0.25) is 5.91 Å². The summed E-state index contributed by atoms with van der Waals surface area (Å²) < 4.78 is 5.82. The molecule has 4 saturated carbocycles. The molecule has 0 atom stereocenters. The van der Waals surface area contributed by atoms with E-state index in [9.17, 15) is 9.59 Å². The van der Waals surface area contributed by atoms with Crippen LogP contribution in [-0.2, 0) is 10.2 Å². The molecule has 5 heteroatoms. The van der Waals surface area contributed by atoms with E-state index in [0.717, 1.165) is 40.7 Å². The Labute approximate surface area is 188 Å². The molecule has 166 valence electrons. The lowest BCUT2D eigenvalue weighted by atomic mass is 9.48. The number of amides is 1. The third-order valence-electron chi connectivity index (χ3n) is 7.85. The minimum atomic E-state index is -1.04. The molecule has 0 spiro atoms. The molecule has 1 amide bonds. The molecule has 0 radical (unpaired) electrons. The lowest BCUT2D eigenvalue weighted by Gasteiger charge is -2.57. The van der Waals surface area contributed by atoms with E-state index in [0.29, 0.717) is 11.1 Å². The molecule has 2 aromatic rings. The first-order valence-corrected chi connectivity index (χ1v) is 11.4. The van der Waals surface area contributed by atoms with Gasteiger partial charge in [-0.2, -0.15) is 0 Å². The Morgan fingerprint density at radius 3 is 2.25 bits per heavy atom. The zero-order chi connectivity index (χ0) is 22.5. The van der Waals surface area contributed by atoms with Crippen LogP contribution in [0.2, 0.25) is 0 Å². The smallest absolute Gasteiger partial charge is 0.328 e. The van der Waals surface area contributed by atoms with Crippen LogP contribution in [0.3, 0.4) is 0 Å². The first-order chi connectivity index (χ1) is 15.4. The normalized spacial score (nSPS) is 28.2. The van der Waals surface area contributed by atoms with Crippen molar-refractivity contribution in [1.82, 2.24) is 0 Å². The van der Waals surface area contributed by atoms with Gasteiger partial charge < -0.3 is 15.6 Å². The second-order valence-electron chi connectivity index (χ2n) is 9.95. The van der Waals surface area contributed by atoms with Gasteiger partial charge in [0, 0.05) is 17.2 Å². The summed E-state index contributed by atoms with van der Waals surface area (Å²) >= 11 is 0. The van der Waals surface area contributed by atoms with Crippen molar-refractivity contribution in [2.45, 2.75) is 43.9 Å². The van der Waals surface area contributed by atoms with Crippen LogP contribution < -0.4 is 10.5 Å². The molecule has 4 fully saturated rings. The van der Waals surface area contributed by atoms with E-state index < -0.39 is 11.9 Å². The number of carbonyl (C=O) groups is 2. The highest BCUT2D eigenvalue weighted by Crippen LogP contribution is 2.62. The molecular formula is C27H29NO4. The summed E-state index contributed by atoms with van der Waals surface area (Å²) in [6.07, 6.45) is 10.3. The first kappa shape index (κ1) is 20.8. The summed E-state index contributed by atoms with van der Waals surface area (Å²) in [5, 5.41) is 8.89. The van der Waals surface area contributed by atoms with Crippen LogP contribution in [0.4, 0.5) is 0 Å². The summed E-state index contributed by atoms with van der Waals surface area (Å²) in [6, 6.07) is 11.5. The lowest BCUT2D eigenvalue weighted by Crippen LogP contribution is -2.48. The quantitative estimate of drug-likeness (QED) is 0.628. The van der Waals surface area contributed by atoms with Crippen LogP contribution in [0.15, 0.2) is 42.5 Å². The van der Waals surface area contributed by atoms with Gasteiger partial charge in [-0.3, -0.25) is 4.79 Å². The average Bonchev–Trinajstić information content (AvgIpc) is 2.76. The highest BCUT2D eigenvalue weighted by Gasteiger charge is 2.52. The summed E-state index contributed by atoms with van der Waals surface area (Å²) in [5.41, 5.74) is 9.86. The minimum absolute atomic E-state index is 0.160. The van der Waals surface area contributed by atoms with E-state index in [1.807, 2.05) is 24.3 Å². The predicted molar refractivity (Wildman–Crippen MR) is 123 cm³/mol. The number of aliphatic carboxylic acids is 1. The predicted octanol–water partition coefficient (Wildman–Crippen LogP) is 5.03. The van der Waals surface area contributed by atoms with E-state index in [1.165, 1.54) is 50.2 Å². The van der Waals surface area contributed by atoms with Gasteiger partial charge in [0.1, 0.15) is 5.75 Å². The molecule has 3 N–H and O–H groups in total. The van der Waals surface area contributed by atoms with E-state index in [-0.39, 0.29) is 5.41 Å². The largest absolute Gasteiger partial charge is 0.496 e. The van der Waals surface area contributed by atoms with Gasteiger partial charge in [0.25, 0.3) is 0 Å². The molecule has 0 heterocycles. The molecule has 4 bridgehead atoms. The molecule has 4 aliphatic carbocycles. The van der Waals surface area contributed by atoms with Gasteiger partial charge in [-0.1, -0.05) is 18.2 Å². The van der Waals surface area contributed by atoms with E-state index in [1.54, 1.807) is 13.2 Å². The van der Waals surface area contributed by atoms with Crippen LogP contribution >= 0.6 is 0 Å². The zero-order valence-corrected chi connectivity index (χ0v) is 18.3. The van der Waals surface area contributed by atoms with Gasteiger partial charge in [-0.05, 0) is 103 Å². The number of nitrogens with two attached hydrogens (primary N) is 1. The molecule has 0 aromatic heterocycles. The first-order valence-electron chi connectivity index (χ1n) is 11.4. The Kier molecular flexibility index (Phi) is 5.07. The third-order valence-corrected chi connectivity index (χ3v) is 7.85. The molecule has 0 unspecified atom stereocenters. The standard InChI is InChI=1S/C27H29NO4/c1-32-24-6-4-20(21-5-2-16(3-7-25(29)30)11-22(21)26(28)31)12-23(24)27-13-17-8-18(14-27)10-19(9-17)15-27/h2-7,11-12,17-19H,8-10,13-15H2,1H3,(H2,28,31)(H,29,30). The molecule has 5 nitrogen and oxygen atoms in total. The Bertz CT molecular complexity index is 1080. The molecule has 2 aromatic carbocycles. The van der Waals surface area contributed by atoms with Crippen molar-refractivity contribution in [2.75, 3.05) is 7.11 Å². The maximum absolute atomic E-state index is 12.3. The van der Waals surface area contributed by atoms with Crippen LogP contribution in [0.1, 0.15) is 60.0 Å². The molecule has 0 saturated heterocycles. The fourth-order valence-electron chi connectivity index (χ4n) is 7.02. The Balaban J connectivity index is 1.59. The zero-order valence-electron chi connectivity index (χ0n) is 18.3. The highest BCUT2D eigenvalue weighted by atomic mass is 16.5. The summed E-state index contributed by atoms with van der Waals surface area (Å²) in [6.45, 7) is 0.